The topological polar surface area (TPSA) is 83.7 Å². The lowest BCUT2D eigenvalue weighted by molar-refractivity contribution is -0.384. The fourth-order valence-corrected chi connectivity index (χ4v) is 2.72. The molecule has 7 heteroatoms. The third-order valence-corrected chi connectivity index (χ3v) is 3.76. The summed E-state index contributed by atoms with van der Waals surface area (Å²) in [6.45, 7) is -0.121. The van der Waals surface area contributed by atoms with Gasteiger partial charge in [-0.05, 0) is 18.9 Å². The van der Waals surface area contributed by atoms with Crippen LogP contribution in [0.4, 0.5) is 10.1 Å². The molecule has 1 aromatic rings. The molecule has 2 rings (SSSR count). The van der Waals surface area contributed by atoms with Crippen molar-refractivity contribution in [1.82, 2.24) is 4.90 Å². The average molecular weight is 296 g/mol. The van der Waals surface area contributed by atoms with E-state index in [0.717, 1.165) is 43.9 Å². The molecule has 0 atom stereocenters. The molecule has 1 aliphatic carbocycles. The summed E-state index contributed by atoms with van der Waals surface area (Å²) in [6, 6.07) is 2.87. The number of nitro benzene ring substituents is 1. The zero-order valence-corrected chi connectivity index (χ0v) is 11.5. The lowest BCUT2D eigenvalue weighted by atomic mass is 10.1. The molecule has 1 aliphatic rings. The van der Waals surface area contributed by atoms with Crippen LogP contribution < -0.4 is 0 Å². The Morgan fingerprint density at radius 2 is 2.10 bits per heavy atom. The standard InChI is InChI=1S/C14H17FN2O4/c15-13-6-5-11(17(20)21)9-12(13)14(19)16(7-8-18)10-3-1-2-4-10/h5-6,9-10,18H,1-4,7-8H2. The van der Waals surface area contributed by atoms with Gasteiger partial charge < -0.3 is 10.0 Å². The number of hydrogen-bond acceptors (Lipinski definition) is 4. The van der Waals surface area contributed by atoms with Gasteiger partial charge in [0.2, 0.25) is 0 Å². The van der Waals surface area contributed by atoms with Crippen LogP contribution in [0, 0.1) is 15.9 Å². The molecule has 6 nitrogen and oxygen atoms in total. The normalized spacial score (nSPS) is 15.1. The van der Waals surface area contributed by atoms with Crippen molar-refractivity contribution in [1.29, 1.82) is 0 Å². The van der Waals surface area contributed by atoms with Gasteiger partial charge in [-0.3, -0.25) is 14.9 Å². The van der Waals surface area contributed by atoms with Crippen molar-refractivity contribution in [3.05, 3.63) is 39.7 Å². The van der Waals surface area contributed by atoms with E-state index in [1.807, 2.05) is 0 Å². The number of nitro groups is 1. The molecule has 0 bridgehead atoms. The summed E-state index contributed by atoms with van der Waals surface area (Å²) in [6.07, 6.45) is 3.58. The van der Waals surface area contributed by atoms with Gasteiger partial charge in [0.05, 0.1) is 17.1 Å². The Labute approximate surface area is 121 Å². The Morgan fingerprint density at radius 1 is 1.43 bits per heavy atom. The Bertz CT molecular complexity index is 544. The molecule has 0 radical (unpaired) electrons. The van der Waals surface area contributed by atoms with Crippen molar-refractivity contribution in [3.63, 3.8) is 0 Å². The van der Waals surface area contributed by atoms with E-state index in [2.05, 4.69) is 0 Å². The van der Waals surface area contributed by atoms with Gasteiger partial charge >= 0.3 is 0 Å². The second-order valence-corrected chi connectivity index (χ2v) is 5.08. The van der Waals surface area contributed by atoms with Gasteiger partial charge in [-0.25, -0.2) is 4.39 Å². The second kappa shape index (κ2) is 6.62. The van der Waals surface area contributed by atoms with Crippen LogP contribution in [-0.2, 0) is 0 Å². The van der Waals surface area contributed by atoms with Crippen molar-refractivity contribution in [2.45, 2.75) is 31.7 Å². The Morgan fingerprint density at radius 3 is 2.67 bits per heavy atom. The fourth-order valence-electron chi connectivity index (χ4n) is 2.72. The van der Waals surface area contributed by atoms with E-state index >= 15 is 0 Å². The molecule has 1 aromatic carbocycles. The van der Waals surface area contributed by atoms with E-state index < -0.39 is 16.6 Å². The number of carbonyl (C=O) groups excluding carboxylic acids is 1. The summed E-state index contributed by atoms with van der Waals surface area (Å²) in [4.78, 5) is 24.0. The van der Waals surface area contributed by atoms with Gasteiger partial charge in [0, 0.05) is 24.7 Å². The first-order chi connectivity index (χ1) is 10.0. The predicted octanol–water partition coefficient (Wildman–Crippen LogP) is 2.11. The van der Waals surface area contributed by atoms with E-state index in [4.69, 9.17) is 5.11 Å². The minimum Gasteiger partial charge on any atom is -0.395 e. The summed E-state index contributed by atoms with van der Waals surface area (Å²) in [5, 5.41) is 19.9. The molecule has 0 saturated heterocycles. The number of aliphatic hydroxyl groups excluding tert-OH is 1. The molecule has 1 amide bonds. The van der Waals surface area contributed by atoms with Crippen LogP contribution in [0.1, 0.15) is 36.0 Å². The number of non-ortho nitro benzene ring substituents is 1. The molecule has 0 aromatic heterocycles. The SMILES string of the molecule is O=C(c1cc([N+](=O)[O-])ccc1F)N(CCO)C1CCCC1. The van der Waals surface area contributed by atoms with Gasteiger partial charge in [-0.1, -0.05) is 12.8 Å². The summed E-state index contributed by atoms with van der Waals surface area (Å²) in [7, 11) is 0. The molecule has 0 heterocycles. The molecule has 1 fully saturated rings. The molecular weight excluding hydrogens is 279 g/mol. The second-order valence-electron chi connectivity index (χ2n) is 5.08. The quantitative estimate of drug-likeness (QED) is 0.666. The first-order valence-electron chi connectivity index (χ1n) is 6.90. The number of carbonyl (C=O) groups is 1. The largest absolute Gasteiger partial charge is 0.395 e. The third-order valence-electron chi connectivity index (χ3n) is 3.76. The zero-order chi connectivity index (χ0) is 15.4. The van der Waals surface area contributed by atoms with Crippen LogP contribution in [-0.4, -0.2) is 40.0 Å². The molecule has 1 saturated carbocycles. The van der Waals surface area contributed by atoms with Crippen LogP contribution in [0.25, 0.3) is 0 Å². The van der Waals surface area contributed by atoms with Crippen LogP contribution in [0.2, 0.25) is 0 Å². The summed E-state index contributed by atoms with van der Waals surface area (Å²) < 4.78 is 13.8. The highest BCUT2D eigenvalue weighted by Crippen LogP contribution is 2.26. The molecule has 1 N–H and O–H groups in total. The zero-order valence-electron chi connectivity index (χ0n) is 11.5. The minimum absolute atomic E-state index is 0.0386. The third kappa shape index (κ3) is 3.36. The van der Waals surface area contributed by atoms with Gasteiger partial charge in [0.1, 0.15) is 5.82 Å². The van der Waals surface area contributed by atoms with Crippen molar-refractivity contribution in [2.24, 2.45) is 0 Å². The van der Waals surface area contributed by atoms with Crippen LogP contribution >= 0.6 is 0 Å². The van der Waals surface area contributed by atoms with Gasteiger partial charge in [0.25, 0.3) is 11.6 Å². The van der Waals surface area contributed by atoms with E-state index in [-0.39, 0.29) is 30.4 Å². The number of benzene rings is 1. The molecule has 114 valence electrons. The van der Waals surface area contributed by atoms with Crippen molar-refractivity contribution < 1.29 is 19.2 Å². The Hall–Kier alpha value is -2.02. The first kappa shape index (κ1) is 15.4. The number of aliphatic hydroxyl groups is 1. The van der Waals surface area contributed by atoms with Gasteiger partial charge in [-0.15, -0.1) is 0 Å². The van der Waals surface area contributed by atoms with Crippen LogP contribution in [0.3, 0.4) is 0 Å². The Balaban J connectivity index is 2.31. The highest BCUT2D eigenvalue weighted by Gasteiger charge is 2.29. The average Bonchev–Trinajstić information content (AvgIpc) is 2.98. The molecule has 0 unspecified atom stereocenters. The highest BCUT2D eigenvalue weighted by molar-refractivity contribution is 5.95. The summed E-state index contributed by atoms with van der Waals surface area (Å²) in [5.41, 5.74) is -0.639. The number of amides is 1. The molecule has 0 aliphatic heterocycles. The smallest absolute Gasteiger partial charge is 0.270 e. The number of hydrogen-bond donors (Lipinski definition) is 1. The van der Waals surface area contributed by atoms with E-state index in [1.54, 1.807) is 0 Å². The first-order valence-corrected chi connectivity index (χ1v) is 6.90. The molecule has 21 heavy (non-hydrogen) atoms. The minimum atomic E-state index is -0.786. The van der Waals surface area contributed by atoms with Crippen LogP contribution in [0.15, 0.2) is 18.2 Å². The van der Waals surface area contributed by atoms with Crippen molar-refractivity contribution >= 4 is 11.6 Å². The number of nitrogens with zero attached hydrogens (tertiary/aromatic N) is 2. The number of rotatable bonds is 5. The lowest BCUT2D eigenvalue weighted by Crippen LogP contribution is -2.41. The highest BCUT2D eigenvalue weighted by atomic mass is 19.1. The van der Waals surface area contributed by atoms with Gasteiger partial charge in [-0.2, -0.15) is 0 Å². The van der Waals surface area contributed by atoms with Gasteiger partial charge in [0.15, 0.2) is 0 Å². The van der Waals surface area contributed by atoms with E-state index in [0.29, 0.717) is 0 Å². The molecule has 0 spiro atoms. The van der Waals surface area contributed by atoms with Crippen LogP contribution in [0.5, 0.6) is 0 Å². The summed E-state index contributed by atoms with van der Waals surface area (Å²) in [5.74, 6) is -1.39. The Kier molecular flexibility index (Phi) is 4.85. The maximum absolute atomic E-state index is 13.8. The maximum atomic E-state index is 13.8. The monoisotopic (exact) mass is 296 g/mol. The fraction of sp³-hybridized carbons (Fsp3) is 0.500. The summed E-state index contributed by atoms with van der Waals surface area (Å²) >= 11 is 0. The number of halogens is 1. The van der Waals surface area contributed by atoms with E-state index in [9.17, 15) is 19.3 Å². The maximum Gasteiger partial charge on any atom is 0.270 e. The van der Waals surface area contributed by atoms with E-state index in [1.165, 1.54) is 4.90 Å². The lowest BCUT2D eigenvalue weighted by Gasteiger charge is -2.28. The predicted molar refractivity (Wildman–Crippen MR) is 73.4 cm³/mol. The van der Waals surface area contributed by atoms with Crippen molar-refractivity contribution in [2.75, 3.05) is 13.2 Å². The molecular formula is C14H17FN2O4. The van der Waals surface area contributed by atoms with Crippen molar-refractivity contribution in [3.8, 4) is 0 Å².